The van der Waals surface area contributed by atoms with Crippen LogP contribution in [0.2, 0.25) is 18.1 Å². The van der Waals surface area contributed by atoms with Crippen LogP contribution >= 0.6 is 34.8 Å². The third-order valence-electron chi connectivity index (χ3n) is 9.30. The van der Waals surface area contributed by atoms with Crippen molar-refractivity contribution in [2.45, 2.75) is 93.2 Å². The van der Waals surface area contributed by atoms with E-state index in [4.69, 9.17) is 82.5 Å². The Morgan fingerprint density at radius 1 is 0.654 bits per heavy atom. The molecule has 1 fully saturated rings. The Labute approximate surface area is 323 Å². The first-order valence-corrected chi connectivity index (χ1v) is 20.9. The summed E-state index contributed by atoms with van der Waals surface area (Å²) in [6.45, 7) is 11.5. The van der Waals surface area contributed by atoms with Gasteiger partial charge in [-0.3, -0.25) is 5.41 Å². The Kier molecular flexibility index (Phi) is 15.1. The molecule has 286 valence electrons. The molecule has 0 bridgehead atoms. The molecule has 1 aliphatic heterocycles. The van der Waals surface area contributed by atoms with Gasteiger partial charge in [-0.05, 0) is 71.2 Å². The van der Waals surface area contributed by atoms with Crippen LogP contribution < -0.4 is 14.2 Å². The second-order valence-corrected chi connectivity index (χ2v) is 21.0. The number of alkyl halides is 3. The minimum Gasteiger partial charge on any atom is -0.497 e. The minimum atomic E-state index is -2.28. The van der Waals surface area contributed by atoms with Crippen molar-refractivity contribution in [2.24, 2.45) is 0 Å². The summed E-state index contributed by atoms with van der Waals surface area (Å²) in [6, 6.07) is 22.6. The van der Waals surface area contributed by atoms with Gasteiger partial charge in [0.25, 0.3) is 3.79 Å². The van der Waals surface area contributed by atoms with Crippen molar-refractivity contribution in [2.75, 3.05) is 27.9 Å². The van der Waals surface area contributed by atoms with Crippen LogP contribution in [0.4, 0.5) is 0 Å². The maximum Gasteiger partial charge on any atom is 0.265 e. The smallest absolute Gasteiger partial charge is 0.265 e. The van der Waals surface area contributed by atoms with Crippen LogP contribution in [0.5, 0.6) is 17.2 Å². The van der Waals surface area contributed by atoms with Crippen molar-refractivity contribution in [3.8, 4) is 17.2 Å². The van der Waals surface area contributed by atoms with Gasteiger partial charge in [-0.2, -0.15) is 0 Å². The van der Waals surface area contributed by atoms with Crippen molar-refractivity contribution in [3.63, 3.8) is 0 Å². The topological polar surface area (TPSA) is 107 Å². The van der Waals surface area contributed by atoms with Gasteiger partial charge >= 0.3 is 0 Å². The molecule has 0 aliphatic carbocycles. The van der Waals surface area contributed by atoms with Gasteiger partial charge in [-0.25, -0.2) is 0 Å². The molecule has 0 amide bonds. The number of benzene rings is 3. The third-order valence-corrected chi connectivity index (χ3v) is 14.3. The van der Waals surface area contributed by atoms with Crippen molar-refractivity contribution in [1.29, 1.82) is 5.41 Å². The molecule has 1 saturated heterocycles. The molecule has 4 rings (SSSR count). The highest BCUT2D eigenvalue weighted by Crippen LogP contribution is 2.39. The predicted molar refractivity (Wildman–Crippen MR) is 206 cm³/mol. The zero-order chi connectivity index (χ0) is 38.1. The summed E-state index contributed by atoms with van der Waals surface area (Å²) in [5.74, 6) is 1.53. The largest absolute Gasteiger partial charge is 0.497 e. The Bertz CT molecular complexity index is 1550. The van der Waals surface area contributed by atoms with E-state index in [1.54, 1.807) is 21.3 Å². The van der Waals surface area contributed by atoms with Crippen molar-refractivity contribution >= 4 is 49.0 Å². The number of rotatable bonds is 16. The van der Waals surface area contributed by atoms with Gasteiger partial charge in [0.15, 0.2) is 8.32 Å². The first-order valence-electron chi connectivity index (χ1n) is 16.9. The van der Waals surface area contributed by atoms with E-state index in [9.17, 15) is 0 Å². The number of hydrogen-bond donors (Lipinski definition) is 1. The van der Waals surface area contributed by atoms with E-state index in [0.29, 0.717) is 5.75 Å². The number of hydrogen-bond acceptors (Lipinski definition) is 10. The lowest BCUT2D eigenvalue weighted by molar-refractivity contribution is -0.310. The molecule has 10 nitrogen and oxygen atoms in total. The molecular formula is C38H50Cl3NO9Si. The van der Waals surface area contributed by atoms with E-state index < -0.39 is 48.7 Å². The van der Waals surface area contributed by atoms with E-state index in [2.05, 4.69) is 33.9 Å². The minimum absolute atomic E-state index is 0.0805. The molecule has 0 radical (unpaired) electrons. The van der Waals surface area contributed by atoms with Crippen LogP contribution in [0.3, 0.4) is 0 Å². The Balaban J connectivity index is 1.75. The lowest BCUT2D eigenvalue weighted by atomic mass is 9.98. The average molecular weight is 799 g/mol. The molecule has 1 heterocycles. The highest BCUT2D eigenvalue weighted by molar-refractivity contribution is 6.76. The Morgan fingerprint density at radius 2 is 1.04 bits per heavy atom. The molecule has 52 heavy (non-hydrogen) atoms. The van der Waals surface area contributed by atoms with Crippen LogP contribution in [0, 0.1) is 5.41 Å². The summed E-state index contributed by atoms with van der Waals surface area (Å²) < 4.78 is 53.2. The fourth-order valence-electron chi connectivity index (χ4n) is 5.11. The summed E-state index contributed by atoms with van der Waals surface area (Å²) in [5, 5.41) is 8.41. The number of halogens is 3. The van der Waals surface area contributed by atoms with Crippen molar-refractivity contribution in [3.05, 3.63) is 89.5 Å². The zero-order valence-electron chi connectivity index (χ0n) is 31.0. The van der Waals surface area contributed by atoms with Gasteiger partial charge in [-0.15, -0.1) is 0 Å². The molecular weight excluding hydrogens is 749 g/mol. The predicted octanol–water partition coefficient (Wildman–Crippen LogP) is 8.88. The van der Waals surface area contributed by atoms with Crippen molar-refractivity contribution in [1.82, 2.24) is 0 Å². The summed E-state index contributed by atoms with van der Waals surface area (Å²) in [7, 11) is 2.57. The maximum absolute atomic E-state index is 8.49. The standard InChI is InChI=1S/C38H50Cl3NO9Si/c1-37(2,3)52(7,8)49-24-31-32(46-21-25-9-15-28(43-4)16-10-25)33(47-22-26-11-17-29(44-5)18-12-26)34(35(50-31)51-36(42)38(39,40)41)48-23-27-13-19-30(45-6)20-14-27/h9-20,31-35,42H,21-24H2,1-8H3/t31-,32-,33+,34+,35?/m1/s1. The average Bonchev–Trinajstić information content (AvgIpc) is 3.11. The van der Waals surface area contributed by atoms with Gasteiger partial charge in [0.05, 0.1) is 47.8 Å². The molecule has 5 atom stereocenters. The number of ether oxygens (including phenoxy) is 8. The second kappa shape index (κ2) is 18.6. The van der Waals surface area contributed by atoms with Gasteiger partial charge in [0.1, 0.15) is 41.7 Å². The highest BCUT2D eigenvalue weighted by Gasteiger charge is 2.51. The van der Waals surface area contributed by atoms with Crippen LogP contribution in [0.1, 0.15) is 37.5 Å². The van der Waals surface area contributed by atoms with E-state index in [-0.39, 0.29) is 31.5 Å². The van der Waals surface area contributed by atoms with Gasteiger partial charge in [-0.1, -0.05) is 92.0 Å². The summed E-state index contributed by atoms with van der Waals surface area (Å²) in [5.41, 5.74) is 2.64. The van der Waals surface area contributed by atoms with E-state index >= 15 is 0 Å². The Morgan fingerprint density at radius 3 is 1.40 bits per heavy atom. The molecule has 3 aromatic rings. The molecule has 1 aliphatic rings. The summed E-state index contributed by atoms with van der Waals surface area (Å²) >= 11 is 18.3. The van der Waals surface area contributed by atoms with E-state index in [1.807, 2.05) is 72.8 Å². The molecule has 0 aromatic heterocycles. The first kappa shape index (κ1) is 42.2. The molecule has 14 heteroatoms. The second-order valence-electron chi connectivity index (χ2n) is 13.9. The highest BCUT2D eigenvalue weighted by atomic mass is 35.6. The van der Waals surface area contributed by atoms with Gasteiger partial charge in [0, 0.05) is 0 Å². The van der Waals surface area contributed by atoms with Crippen LogP contribution in [-0.2, 0) is 47.9 Å². The fraction of sp³-hybridized carbons (Fsp3) is 0.500. The lowest BCUT2D eigenvalue weighted by Crippen LogP contribution is -2.63. The van der Waals surface area contributed by atoms with E-state index in [1.165, 1.54) is 0 Å². The zero-order valence-corrected chi connectivity index (χ0v) is 34.2. The molecule has 3 aromatic carbocycles. The van der Waals surface area contributed by atoms with Crippen LogP contribution in [-0.4, -0.2) is 76.6 Å². The number of methoxy groups -OCH3 is 3. The van der Waals surface area contributed by atoms with Gasteiger partial charge < -0.3 is 42.3 Å². The monoisotopic (exact) mass is 797 g/mol. The molecule has 0 spiro atoms. The molecule has 1 N–H and O–H groups in total. The van der Waals surface area contributed by atoms with Crippen LogP contribution in [0.25, 0.3) is 0 Å². The van der Waals surface area contributed by atoms with Gasteiger partial charge in [0.2, 0.25) is 12.2 Å². The molecule has 0 saturated carbocycles. The normalized spacial score (nSPS) is 21.0. The first-order chi connectivity index (χ1) is 24.5. The number of nitrogens with one attached hydrogen (secondary N) is 1. The molecule has 1 unspecified atom stereocenters. The Hall–Kier alpha value is -2.58. The van der Waals surface area contributed by atoms with Crippen LogP contribution in [0.15, 0.2) is 72.8 Å². The third kappa shape index (κ3) is 11.7. The van der Waals surface area contributed by atoms with Crippen molar-refractivity contribution < 1.29 is 42.3 Å². The quantitative estimate of drug-likeness (QED) is 0.0659. The SMILES string of the molecule is COc1ccc(CO[C@H]2[C@H](OCc3ccc(OC)cc3)[C@@H](CO[Si](C)(C)C(C)(C)C)OC(OC(=N)C(Cl)(Cl)Cl)[C@H]2OCc2ccc(OC)cc2)cc1. The summed E-state index contributed by atoms with van der Waals surface area (Å²) in [6.07, 6.45) is -4.47. The lowest BCUT2D eigenvalue weighted by Gasteiger charge is -2.47. The maximum atomic E-state index is 8.49. The fourth-order valence-corrected chi connectivity index (χ4v) is 6.25. The summed E-state index contributed by atoms with van der Waals surface area (Å²) in [4.78, 5) is 0. The van der Waals surface area contributed by atoms with E-state index in [0.717, 1.165) is 28.2 Å².